The zero-order valence-electron chi connectivity index (χ0n) is 12.1. The summed E-state index contributed by atoms with van der Waals surface area (Å²) in [6.07, 6.45) is 1.46. The Morgan fingerprint density at radius 2 is 2.00 bits per heavy atom. The monoisotopic (exact) mass is 286 g/mol. The molecule has 1 aromatic heterocycles. The van der Waals surface area contributed by atoms with Crippen LogP contribution in [-0.4, -0.2) is 39.6 Å². The number of carbonyl (C=O) groups is 1. The van der Waals surface area contributed by atoms with E-state index in [9.17, 15) is 14.7 Å². The van der Waals surface area contributed by atoms with Gasteiger partial charge in [-0.15, -0.1) is 0 Å². The second-order valence-electron chi connectivity index (χ2n) is 6.00. The first-order valence-corrected chi connectivity index (χ1v) is 7.04. The van der Waals surface area contributed by atoms with E-state index >= 15 is 0 Å². The Kier molecular flexibility index (Phi) is 3.10. The van der Waals surface area contributed by atoms with Gasteiger partial charge in [-0.05, 0) is 18.1 Å². The Bertz CT molecular complexity index is 757. The van der Waals surface area contributed by atoms with Crippen LogP contribution in [0.15, 0.2) is 35.3 Å². The average Bonchev–Trinajstić information content (AvgIpc) is 2.43. The van der Waals surface area contributed by atoms with E-state index in [0.717, 1.165) is 0 Å². The third-order valence-electron chi connectivity index (χ3n) is 4.31. The molecule has 0 atom stereocenters. The lowest BCUT2D eigenvalue weighted by molar-refractivity contribution is -0.110. The molecule has 0 bridgehead atoms. The molecule has 1 aliphatic heterocycles. The van der Waals surface area contributed by atoms with Crippen LogP contribution >= 0.6 is 0 Å². The highest BCUT2D eigenvalue weighted by Gasteiger charge is 2.46. The van der Waals surface area contributed by atoms with Gasteiger partial charge in [0.05, 0.1) is 13.1 Å². The number of aliphatic hydroxyl groups is 1. The van der Waals surface area contributed by atoms with Gasteiger partial charge in [0.25, 0.3) is 5.91 Å². The molecule has 1 aromatic carbocycles. The van der Waals surface area contributed by atoms with Gasteiger partial charge in [0.1, 0.15) is 11.2 Å². The van der Waals surface area contributed by atoms with Gasteiger partial charge >= 0.3 is 0 Å². The van der Waals surface area contributed by atoms with Crippen LogP contribution in [0.4, 0.5) is 0 Å². The number of rotatable bonds is 2. The molecule has 2 heterocycles. The van der Waals surface area contributed by atoms with Crippen molar-refractivity contribution in [2.45, 2.75) is 19.4 Å². The van der Waals surface area contributed by atoms with E-state index in [1.165, 1.54) is 11.1 Å². The lowest BCUT2D eigenvalue weighted by Gasteiger charge is -2.48. The highest BCUT2D eigenvalue weighted by Crippen LogP contribution is 2.29. The number of nitrogens with one attached hydrogen (secondary N) is 1. The van der Waals surface area contributed by atoms with Gasteiger partial charge in [0.15, 0.2) is 0 Å². The first kappa shape index (κ1) is 13.8. The van der Waals surface area contributed by atoms with Crippen molar-refractivity contribution in [2.24, 2.45) is 5.92 Å². The molecule has 1 amide bonds. The molecule has 1 aliphatic rings. The predicted molar refractivity (Wildman–Crippen MR) is 80.3 cm³/mol. The Morgan fingerprint density at radius 3 is 2.67 bits per heavy atom. The summed E-state index contributed by atoms with van der Waals surface area (Å²) in [6, 6.07) is 7.10. The Hall–Kier alpha value is -2.14. The number of hydrogen-bond donors (Lipinski definition) is 2. The normalized spacial score (nSPS) is 17.0. The van der Waals surface area contributed by atoms with Gasteiger partial charge in [0, 0.05) is 17.1 Å². The molecule has 0 aliphatic carbocycles. The standard InChI is InChI=1S/C16H18N2O3/c1-10(2)16(21)8-18(9-16)15(20)12-7-17-13-6-4-3-5-11(13)14(12)19/h3-7,10,21H,8-9H2,1-2H3,(H,17,19). The fraction of sp³-hybridized carbons (Fsp3) is 0.375. The summed E-state index contributed by atoms with van der Waals surface area (Å²) >= 11 is 0. The molecule has 0 saturated carbocycles. The van der Waals surface area contributed by atoms with Crippen molar-refractivity contribution < 1.29 is 9.90 Å². The predicted octanol–water partition coefficient (Wildman–Crippen LogP) is 1.37. The van der Waals surface area contributed by atoms with E-state index in [-0.39, 0.29) is 35.9 Å². The van der Waals surface area contributed by atoms with Crippen molar-refractivity contribution >= 4 is 16.8 Å². The molecule has 2 aromatic rings. The number of hydrogen-bond acceptors (Lipinski definition) is 3. The van der Waals surface area contributed by atoms with E-state index in [0.29, 0.717) is 10.9 Å². The third kappa shape index (κ3) is 2.14. The number of pyridine rings is 1. The van der Waals surface area contributed by atoms with E-state index in [4.69, 9.17) is 0 Å². The van der Waals surface area contributed by atoms with Crippen LogP contribution < -0.4 is 5.43 Å². The molecule has 5 heteroatoms. The molecule has 3 rings (SSSR count). The number of aromatic amines is 1. The molecule has 1 fully saturated rings. The minimum atomic E-state index is -0.834. The highest BCUT2D eigenvalue weighted by atomic mass is 16.3. The van der Waals surface area contributed by atoms with E-state index in [2.05, 4.69) is 4.98 Å². The van der Waals surface area contributed by atoms with Gasteiger partial charge in [-0.25, -0.2) is 0 Å². The van der Waals surface area contributed by atoms with Crippen LogP contribution in [0.2, 0.25) is 0 Å². The van der Waals surface area contributed by atoms with Crippen molar-refractivity contribution in [3.63, 3.8) is 0 Å². The maximum absolute atomic E-state index is 12.4. The second kappa shape index (κ2) is 4.70. The molecule has 0 unspecified atom stereocenters. The van der Waals surface area contributed by atoms with Gasteiger partial charge < -0.3 is 15.0 Å². The Balaban J connectivity index is 1.90. The van der Waals surface area contributed by atoms with Gasteiger partial charge in [-0.3, -0.25) is 9.59 Å². The first-order chi connectivity index (χ1) is 9.92. The first-order valence-electron chi connectivity index (χ1n) is 7.04. The number of β-amino-alcohol motifs (C(OH)–C–C–N with tert-alkyl or cyclic N) is 1. The number of fused-ring (bicyclic) bond motifs is 1. The van der Waals surface area contributed by atoms with Crippen molar-refractivity contribution in [3.05, 3.63) is 46.2 Å². The molecule has 1 saturated heterocycles. The number of aromatic nitrogens is 1. The summed E-state index contributed by atoms with van der Waals surface area (Å²) < 4.78 is 0. The van der Waals surface area contributed by atoms with E-state index < -0.39 is 5.60 Å². The van der Waals surface area contributed by atoms with Crippen molar-refractivity contribution in [3.8, 4) is 0 Å². The minimum absolute atomic E-state index is 0.0800. The SMILES string of the molecule is CC(C)C1(O)CN(C(=O)c2c[nH]c3ccccc3c2=O)C1. The zero-order chi connectivity index (χ0) is 15.2. The summed E-state index contributed by atoms with van der Waals surface area (Å²) in [5.74, 6) is -0.247. The van der Waals surface area contributed by atoms with Crippen LogP contribution in [0.25, 0.3) is 10.9 Å². The number of carbonyl (C=O) groups excluding carboxylic acids is 1. The Morgan fingerprint density at radius 1 is 1.33 bits per heavy atom. The van der Waals surface area contributed by atoms with Gasteiger partial charge in [-0.2, -0.15) is 0 Å². The smallest absolute Gasteiger partial charge is 0.259 e. The molecule has 5 nitrogen and oxygen atoms in total. The fourth-order valence-electron chi connectivity index (χ4n) is 2.62. The van der Waals surface area contributed by atoms with Crippen molar-refractivity contribution in [1.29, 1.82) is 0 Å². The third-order valence-corrected chi connectivity index (χ3v) is 4.31. The molecule has 110 valence electrons. The summed E-state index contributed by atoms with van der Waals surface area (Å²) in [5.41, 5.74) is -0.269. The maximum atomic E-state index is 12.4. The van der Waals surface area contributed by atoms with Gasteiger partial charge in [0.2, 0.25) is 5.43 Å². The minimum Gasteiger partial charge on any atom is -0.386 e. The maximum Gasteiger partial charge on any atom is 0.259 e. The number of para-hydroxylation sites is 1. The Labute approximate surface area is 122 Å². The summed E-state index contributed by atoms with van der Waals surface area (Å²) in [7, 11) is 0. The molecular formula is C16H18N2O3. The topological polar surface area (TPSA) is 73.4 Å². The molecule has 0 radical (unpaired) electrons. The largest absolute Gasteiger partial charge is 0.386 e. The van der Waals surface area contributed by atoms with Crippen molar-refractivity contribution in [2.75, 3.05) is 13.1 Å². The summed E-state index contributed by atoms with van der Waals surface area (Å²) in [5, 5.41) is 10.7. The lowest BCUT2D eigenvalue weighted by atomic mass is 9.82. The number of nitrogens with zero attached hydrogens (tertiary/aromatic N) is 1. The highest BCUT2D eigenvalue weighted by molar-refractivity contribution is 5.97. The summed E-state index contributed by atoms with van der Waals surface area (Å²) in [4.78, 5) is 29.3. The van der Waals surface area contributed by atoms with E-state index in [1.54, 1.807) is 18.2 Å². The quantitative estimate of drug-likeness (QED) is 0.875. The zero-order valence-corrected chi connectivity index (χ0v) is 12.1. The number of H-pyrrole nitrogens is 1. The molecular weight excluding hydrogens is 268 g/mol. The van der Waals surface area contributed by atoms with Crippen LogP contribution in [-0.2, 0) is 0 Å². The second-order valence-corrected chi connectivity index (χ2v) is 6.00. The van der Waals surface area contributed by atoms with Crippen LogP contribution in [0.1, 0.15) is 24.2 Å². The van der Waals surface area contributed by atoms with Crippen LogP contribution in [0.5, 0.6) is 0 Å². The van der Waals surface area contributed by atoms with E-state index in [1.807, 2.05) is 19.9 Å². The average molecular weight is 286 g/mol. The van der Waals surface area contributed by atoms with Crippen molar-refractivity contribution in [1.82, 2.24) is 9.88 Å². The number of likely N-dealkylation sites (tertiary alicyclic amines) is 1. The van der Waals surface area contributed by atoms with Crippen LogP contribution in [0.3, 0.4) is 0 Å². The number of benzene rings is 1. The molecule has 0 spiro atoms. The molecule has 2 N–H and O–H groups in total. The number of amides is 1. The van der Waals surface area contributed by atoms with Gasteiger partial charge in [-0.1, -0.05) is 26.0 Å². The summed E-state index contributed by atoms with van der Waals surface area (Å²) in [6.45, 7) is 4.39. The fourth-order valence-corrected chi connectivity index (χ4v) is 2.62. The lowest BCUT2D eigenvalue weighted by Crippen LogP contribution is -2.66. The van der Waals surface area contributed by atoms with Crippen LogP contribution in [0, 0.1) is 5.92 Å². The molecule has 21 heavy (non-hydrogen) atoms.